The molecule has 0 aliphatic carbocycles. The minimum absolute atomic E-state index is 0.108. The molecule has 0 aliphatic heterocycles. The first-order chi connectivity index (χ1) is 11.9. The number of rotatable bonds is 4. The van der Waals surface area contributed by atoms with E-state index in [2.05, 4.69) is 10.6 Å². The normalized spacial score (nSPS) is 10.7. The molecule has 2 aromatic rings. The summed E-state index contributed by atoms with van der Waals surface area (Å²) < 4.78 is 0. The molecule has 0 bridgehead atoms. The highest BCUT2D eigenvalue weighted by Crippen LogP contribution is 2.30. The Balaban J connectivity index is 2.21. The molecule has 0 radical (unpaired) electrons. The highest BCUT2D eigenvalue weighted by molar-refractivity contribution is 6.40. The molecule has 2 N–H and O–H groups in total. The number of halogens is 2. The Bertz CT molecular complexity index is 864. The minimum Gasteiger partial charge on any atom is -0.326 e. The summed E-state index contributed by atoms with van der Waals surface area (Å²) in [5, 5.41) is 15.0. The maximum Gasteiger partial charge on any atom is 0.266 e. The smallest absolute Gasteiger partial charge is 0.266 e. The van der Waals surface area contributed by atoms with Gasteiger partial charge in [-0.15, -0.1) is 0 Å². The summed E-state index contributed by atoms with van der Waals surface area (Å²) in [6.45, 7) is 1.41. The van der Waals surface area contributed by atoms with Gasteiger partial charge in [0, 0.05) is 12.6 Å². The lowest BCUT2D eigenvalue weighted by Crippen LogP contribution is -2.14. The number of nitrogens with one attached hydrogen (secondary N) is 2. The van der Waals surface area contributed by atoms with Gasteiger partial charge in [-0.25, -0.2) is 0 Å². The number of carbonyl (C=O) groups is 2. The van der Waals surface area contributed by atoms with Crippen LogP contribution in [0, 0.1) is 11.3 Å². The number of para-hydroxylation sites is 1. The molecular weight excluding hydrogens is 361 g/mol. The molecule has 0 atom stereocenters. The summed E-state index contributed by atoms with van der Waals surface area (Å²) in [6, 6.07) is 13.4. The van der Waals surface area contributed by atoms with Gasteiger partial charge < -0.3 is 10.6 Å². The van der Waals surface area contributed by atoms with Crippen LogP contribution in [0.4, 0.5) is 11.4 Å². The molecule has 0 fully saturated rings. The lowest BCUT2D eigenvalue weighted by atomic mass is 10.1. The first kappa shape index (κ1) is 18.5. The van der Waals surface area contributed by atoms with Crippen LogP contribution in [0.2, 0.25) is 10.0 Å². The maximum absolute atomic E-state index is 12.3. The predicted octanol–water partition coefficient (Wildman–Crippen LogP) is 4.50. The number of nitriles is 1. The van der Waals surface area contributed by atoms with Gasteiger partial charge >= 0.3 is 0 Å². The van der Waals surface area contributed by atoms with Gasteiger partial charge in [0.05, 0.1) is 15.7 Å². The Morgan fingerprint density at radius 2 is 1.64 bits per heavy atom. The summed E-state index contributed by atoms with van der Waals surface area (Å²) >= 11 is 12.0. The molecule has 0 aliphatic rings. The van der Waals surface area contributed by atoms with E-state index < -0.39 is 5.91 Å². The number of nitrogens with zero attached hydrogens (tertiary/aromatic N) is 1. The molecule has 2 amide bonds. The highest BCUT2D eigenvalue weighted by atomic mass is 35.5. The van der Waals surface area contributed by atoms with Gasteiger partial charge in [-0.1, -0.05) is 41.4 Å². The van der Waals surface area contributed by atoms with Crippen molar-refractivity contribution in [3.8, 4) is 6.07 Å². The van der Waals surface area contributed by atoms with Gasteiger partial charge in [-0.2, -0.15) is 5.26 Å². The predicted molar refractivity (Wildman–Crippen MR) is 99.4 cm³/mol. The van der Waals surface area contributed by atoms with Crippen molar-refractivity contribution in [3.05, 3.63) is 63.6 Å². The van der Waals surface area contributed by atoms with Crippen LogP contribution < -0.4 is 10.6 Å². The lowest BCUT2D eigenvalue weighted by Gasteiger charge is -2.08. The number of hydrogen-bond acceptors (Lipinski definition) is 3. The number of anilines is 2. The van der Waals surface area contributed by atoms with E-state index in [1.807, 2.05) is 6.07 Å². The maximum atomic E-state index is 12.3. The van der Waals surface area contributed by atoms with Crippen molar-refractivity contribution >= 4 is 52.5 Å². The van der Waals surface area contributed by atoms with E-state index >= 15 is 0 Å². The third kappa shape index (κ3) is 5.08. The van der Waals surface area contributed by atoms with Crippen LogP contribution in [-0.2, 0) is 9.59 Å². The molecule has 25 heavy (non-hydrogen) atoms. The van der Waals surface area contributed by atoms with E-state index in [9.17, 15) is 14.9 Å². The fourth-order valence-corrected chi connectivity index (χ4v) is 2.47. The quantitative estimate of drug-likeness (QED) is 0.611. The second-order valence-corrected chi connectivity index (χ2v) is 5.84. The van der Waals surface area contributed by atoms with Gasteiger partial charge in [0.25, 0.3) is 5.91 Å². The fourth-order valence-electron chi connectivity index (χ4n) is 1.98. The Morgan fingerprint density at radius 1 is 1.04 bits per heavy atom. The Morgan fingerprint density at radius 3 is 2.16 bits per heavy atom. The zero-order chi connectivity index (χ0) is 18.4. The van der Waals surface area contributed by atoms with E-state index in [4.69, 9.17) is 23.2 Å². The molecule has 0 aromatic heterocycles. The minimum atomic E-state index is -0.622. The van der Waals surface area contributed by atoms with Crippen LogP contribution in [0.5, 0.6) is 0 Å². The summed E-state index contributed by atoms with van der Waals surface area (Å²) in [4.78, 5) is 23.3. The Labute approximate surface area is 154 Å². The number of carbonyl (C=O) groups excluding carboxylic acids is 2. The number of amides is 2. The van der Waals surface area contributed by atoms with Crippen LogP contribution in [0.1, 0.15) is 12.5 Å². The van der Waals surface area contributed by atoms with Crippen LogP contribution in [0.25, 0.3) is 6.08 Å². The molecule has 0 spiro atoms. The van der Waals surface area contributed by atoms with E-state index in [0.29, 0.717) is 11.3 Å². The first-order valence-corrected chi connectivity index (χ1v) is 7.91. The van der Waals surface area contributed by atoms with Crippen molar-refractivity contribution in [1.82, 2.24) is 0 Å². The largest absolute Gasteiger partial charge is 0.326 e. The first-order valence-electron chi connectivity index (χ1n) is 7.15. The SMILES string of the molecule is CC(=O)Nc1ccc(/C=C(\C#N)C(=O)Nc2c(Cl)cccc2Cl)cc1. The Hall–Kier alpha value is -2.81. The Kier molecular flexibility index (Phi) is 6.18. The summed E-state index contributed by atoms with van der Waals surface area (Å²) in [5.74, 6) is -0.805. The molecule has 2 aromatic carbocycles. The van der Waals surface area contributed by atoms with E-state index in [-0.39, 0.29) is 27.2 Å². The second kappa shape index (κ2) is 8.34. The van der Waals surface area contributed by atoms with Crippen molar-refractivity contribution in [3.63, 3.8) is 0 Å². The van der Waals surface area contributed by atoms with E-state index in [1.54, 1.807) is 42.5 Å². The summed E-state index contributed by atoms with van der Waals surface area (Å²) in [6.07, 6.45) is 1.43. The molecule has 0 unspecified atom stereocenters. The third-order valence-corrected chi connectivity index (χ3v) is 3.74. The average Bonchev–Trinajstić information content (AvgIpc) is 2.57. The second-order valence-electron chi connectivity index (χ2n) is 5.02. The monoisotopic (exact) mass is 373 g/mol. The van der Waals surface area contributed by atoms with Crippen molar-refractivity contribution in [1.29, 1.82) is 5.26 Å². The third-order valence-electron chi connectivity index (χ3n) is 3.11. The topological polar surface area (TPSA) is 82.0 Å². The van der Waals surface area contributed by atoms with Crippen LogP contribution >= 0.6 is 23.2 Å². The van der Waals surface area contributed by atoms with E-state index in [0.717, 1.165) is 0 Å². The molecule has 0 heterocycles. The molecule has 5 nitrogen and oxygen atoms in total. The number of hydrogen-bond donors (Lipinski definition) is 2. The van der Waals surface area contributed by atoms with Gasteiger partial charge in [0.15, 0.2) is 0 Å². The van der Waals surface area contributed by atoms with Crippen molar-refractivity contribution in [2.75, 3.05) is 10.6 Å². The molecule has 0 saturated carbocycles. The van der Waals surface area contributed by atoms with E-state index in [1.165, 1.54) is 13.0 Å². The van der Waals surface area contributed by atoms with Crippen LogP contribution in [0.15, 0.2) is 48.0 Å². The average molecular weight is 374 g/mol. The van der Waals surface area contributed by atoms with Gasteiger partial charge in [0.1, 0.15) is 11.6 Å². The molecule has 126 valence electrons. The zero-order valence-corrected chi connectivity index (χ0v) is 14.7. The highest BCUT2D eigenvalue weighted by Gasteiger charge is 2.13. The fraction of sp³-hybridized carbons (Fsp3) is 0.0556. The number of benzene rings is 2. The van der Waals surface area contributed by atoms with Crippen LogP contribution in [0.3, 0.4) is 0 Å². The summed E-state index contributed by atoms with van der Waals surface area (Å²) in [7, 11) is 0. The van der Waals surface area contributed by atoms with Gasteiger partial charge in [-0.3, -0.25) is 9.59 Å². The van der Waals surface area contributed by atoms with Gasteiger partial charge in [0.2, 0.25) is 5.91 Å². The standard InChI is InChI=1S/C18H13Cl2N3O2/c1-11(24)22-14-7-5-12(6-8-14)9-13(10-21)18(25)23-17-15(19)3-2-4-16(17)20/h2-9H,1H3,(H,22,24)(H,23,25)/b13-9+. The van der Waals surface area contributed by atoms with Gasteiger partial charge in [-0.05, 0) is 35.9 Å². The van der Waals surface area contributed by atoms with Crippen molar-refractivity contribution in [2.45, 2.75) is 6.92 Å². The molecule has 7 heteroatoms. The molecule has 0 saturated heterocycles. The van der Waals surface area contributed by atoms with Crippen molar-refractivity contribution < 1.29 is 9.59 Å². The summed E-state index contributed by atoms with van der Waals surface area (Å²) in [5.41, 5.74) is 1.39. The molecule has 2 rings (SSSR count). The van der Waals surface area contributed by atoms with Crippen LogP contribution in [-0.4, -0.2) is 11.8 Å². The molecular formula is C18H13Cl2N3O2. The lowest BCUT2D eigenvalue weighted by molar-refractivity contribution is -0.114. The van der Waals surface area contributed by atoms with Crippen molar-refractivity contribution in [2.24, 2.45) is 0 Å². The zero-order valence-electron chi connectivity index (χ0n) is 13.1.